The summed E-state index contributed by atoms with van der Waals surface area (Å²) in [7, 11) is 1.58. The Labute approximate surface area is 175 Å². The van der Waals surface area contributed by atoms with Crippen molar-refractivity contribution in [3.8, 4) is 11.5 Å². The fraction of sp³-hybridized carbons (Fsp3) is 0.118. The molecular weight excluding hydrogens is 431 g/mol. The average Bonchev–Trinajstić information content (AvgIpc) is 3.04. The number of ether oxygens (including phenoxy) is 2. The van der Waals surface area contributed by atoms with Crippen LogP contribution in [0, 0.1) is 4.77 Å². The molecule has 1 aromatic heterocycles. The summed E-state index contributed by atoms with van der Waals surface area (Å²) in [5.74, 6) is 1.02. The third-order valence-corrected chi connectivity index (χ3v) is 4.56. The molecule has 0 radical (unpaired) electrons. The number of halogens is 3. The highest BCUT2D eigenvalue weighted by Crippen LogP contribution is 2.36. The van der Waals surface area contributed by atoms with E-state index in [0.717, 1.165) is 11.1 Å². The largest absolute Gasteiger partial charge is 0.496 e. The lowest BCUT2D eigenvalue weighted by Crippen LogP contribution is -2.01. The highest BCUT2D eigenvalue weighted by Gasteiger charge is 2.11. The number of rotatable bonds is 6. The average molecular weight is 444 g/mol. The minimum atomic E-state index is 0.192. The van der Waals surface area contributed by atoms with E-state index >= 15 is 0 Å². The van der Waals surface area contributed by atoms with E-state index in [1.165, 1.54) is 11.0 Å². The van der Waals surface area contributed by atoms with Crippen LogP contribution in [0.15, 0.2) is 41.8 Å². The number of nitrogens with zero attached hydrogens (tertiary/aromatic N) is 3. The number of aromatic amines is 1. The Morgan fingerprint density at radius 3 is 2.59 bits per heavy atom. The van der Waals surface area contributed by atoms with E-state index in [4.69, 9.17) is 56.5 Å². The first-order chi connectivity index (χ1) is 13.0. The van der Waals surface area contributed by atoms with Crippen molar-refractivity contribution in [2.45, 2.75) is 6.61 Å². The van der Waals surface area contributed by atoms with Crippen molar-refractivity contribution in [1.82, 2.24) is 14.9 Å². The first kappa shape index (κ1) is 19.7. The van der Waals surface area contributed by atoms with Gasteiger partial charge in [-0.25, -0.2) is 0 Å². The van der Waals surface area contributed by atoms with Crippen LogP contribution in [0.5, 0.6) is 11.5 Å². The predicted octanol–water partition coefficient (Wildman–Crippen LogP) is 5.37. The van der Waals surface area contributed by atoms with Gasteiger partial charge in [0.05, 0.1) is 23.4 Å². The normalized spacial score (nSPS) is 11.1. The molecule has 0 spiro atoms. The van der Waals surface area contributed by atoms with Crippen LogP contribution in [-0.4, -0.2) is 28.2 Å². The minimum absolute atomic E-state index is 0.192. The quantitative estimate of drug-likeness (QED) is 0.411. The lowest BCUT2D eigenvalue weighted by atomic mass is 10.1. The van der Waals surface area contributed by atoms with Gasteiger partial charge in [0.2, 0.25) is 4.77 Å². The summed E-state index contributed by atoms with van der Waals surface area (Å²) in [6.45, 7) is 0.192. The maximum absolute atomic E-state index is 6.16. The molecule has 3 aromatic rings. The van der Waals surface area contributed by atoms with Crippen LogP contribution in [0.25, 0.3) is 0 Å². The van der Waals surface area contributed by atoms with Gasteiger partial charge in [-0.15, -0.1) is 0 Å². The summed E-state index contributed by atoms with van der Waals surface area (Å²) in [5, 5.41) is 11.8. The van der Waals surface area contributed by atoms with Crippen LogP contribution < -0.4 is 9.47 Å². The zero-order valence-electron chi connectivity index (χ0n) is 13.9. The number of nitrogens with one attached hydrogen (secondary N) is 1. The Morgan fingerprint density at radius 2 is 1.96 bits per heavy atom. The van der Waals surface area contributed by atoms with Crippen molar-refractivity contribution in [2.75, 3.05) is 7.11 Å². The van der Waals surface area contributed by atoms with E-state index in [1.807, 2.05) is 18.2 Å². The summed E-state index contributed by atoms with van der Waals surface area (Å²) in [6, 6.07) is 8.69. The third-order valence-electron chi connectivity index (χ3n) is 3.51. The standard InChI is InChI=1S/C17H13Cl3N4O2S/c1-25-15-3-2-10(7-22-24-9-21-23-17(24)27)4-11(15)8-26-16-13(19)5-12(18)6-14(16)20/h2-7,9H,8H2,1H3,(H,23,27). The fourth-order valence-electron chi connectivity index (χ4n) is 2.26. The number of aromatic nitrogens is 3. The molecule has 0 saturated carbocycles. The Kier molecular flexibility index (Phi) is 6.38. The van der Waals surface area contributed by atoms with E-state index in [2.05, 4.69) is 15.3 Å². The van der Waals surface area contributed by atoms with Crippen LogP contribution in [0.4, 0.5) is 0 Å². The van der Waals surface area contributed by atoms with Crippen molar-refractivity contribution in [3.05, 3.63) is 67.6 Å². The van der Waals surface area contributed by atoms with Gasteiger partial charge in [-0.3, -0.25) is 5.10 Å². The molecule has 1 heterocycles. The van der Waals surface area contributed by atoms with Gasteiger partial charge >= 0.3 is 0 Å². The summed E-state index contributed by atoms with van der Waals surface area (Å²) in [5.41, 5.74) is 1.62. The monoisotopic (exact) mass is 442 g/mol. The molecule has 0 aliphatic carbocycles. The number of methoxy groups -OCH3 is 1. The van der Waals surface area contributed by atoms with Crippen molar-refractivity contribution >= 4 is 53.2 Å². The van der Waals surface area contributed by atoms with Crippen molar-refractivity contribution in [3.63, 3.8) is 0 Å². The predicted molar refractivity (Wildman–Crippen MR) is 109 cm³/mol. The zero-order valence-corrected chi connectivity index (χ0v) is 17.0. The molecule has 6 nitrogen and oxygen atoms in total. The summed E-state index contributed by atoms with van der Waals surface area (Å²) >= 11 is 23.3. The summed E-state index contributed by atoms with van der Waals surface area (Å²) < 4.78 is 13.0. The number of H-pyrrole nitrogens is 1. The Hall–Kier alpha value is -2.06. The summed E-state index contributed by atoms with van der Waals surface area (Å²) in [6.07, 6.45) is 3.13. The zero-order chi connectivity index (χ0) is 19.4. The molecule has 10 heteroatoms. The van der Waals surface area contributed by atoms with Crippen molar-refractivity contribution in [2.24, 2.45) is 5.10 Å². The van der Waals surface area contributed by atoms with Crippen LogP contribution in [0.1, 0.15) is 11.1 Å². The highest BCUT2D eigenvalue weighted by atomic mass is 35.5. The SMILES string of the molecule is COc1ccc(C=Nn2cn[nH]c2=S)cc1COc1c(Cl)cc(Cl)cc1Cl. The molecule has 0 aliphatic rings. The summed E-state index contributed by atoms with van der Waals surface area (Å²) in [4.78, 5) is 0. The van der Waals surface area contributed by atoms with Gasteiger partial charge in [0, 0.05) is 10.6 Å². The molecule has 27 heavy (non-hydrogen) atoms. The van der Waals surface area contributed by atoms with Gasteiger partial charge in [-0.05, 0) is 48.1 Å². The second-order valence-electron chi connectivity index (χ2n) is 5.31. The van der Waals surface area contributed by atoms with E-state index in [1.54, 1.807) is 25.5 Å². The molecule has 0 saturated heterocycles. The number of hydrogen-bond donors (Lipinski definition) is 1. The number of benzene rings is 2. The maximum Gasteiger partial charge on any atom is 0.216 e. The first-order valence-electron chi connectivity index (χ1n) is 7.58. The molecule has 0 bridgehead atoms. The third kappa shape index (κ3) is 4.81. The van der Waals surface area contributed by atoms with Gasteiger partial charge in [-0.1, -0.05) is 34.8 Å². The van der Waals surface area contributed by atoms with Gasteiger partial charge in [0.25, 0.3) is 0 Å². The van der Waals surface area contributed by atoms with Crippen molar-refractivity contribution < 1.29 is 9.47 Å². The van der Waals surface area contributed by atoms with Gasteiger partial charge in [-0.2, -0.15) is 14.9 Å². The Bertz CT molecular complexity index is 1030. The molecule has 1 N–H and O–H groups in total. The molecule has 0 amide bonds. The van der Waals surface area contributed by atoms with E-state index in [0.29, 0.717) is 31.3 Å². The van der Waals surface area contributed by atoms with Crippen LogP contribution in [0.3, 0.4) is 0 Å². The van der Waals surface area contributed by atoms with Crippen molar-refractivity contribution in [1.29, 1.82) is 0 Å². The van der Waals surface area contributed by atoms with Gasteiger partial charge in [0.1, 0.15) is 18.7 Å². The molecular formula is C17H13Cl3N4O2S. The van der Waals surface area contributed by atoms with Crippen LogP contribution in [-0.2, 0) is 6.61 Å². The second kappa shape index (κ2) is 8.75. The molecule has 0 fully saturated rings. The Morgan fingerprint density at radius 1 is 1.22 bits per heavy atom. The molecule has 140 valence electrons. The van der Waals surface area contributed by atoms with Crippen LogP contribution in [0.2, 0.25) is 15.1 Å². The molecule has 2 aromatic carbocycles. The minimum Gasteiger partial charge on any atom is -0.496 e. The highest BCUT2D eigenvalue weighted by molar-refractivity contribution is 7.71. The lowest BCUT2D eigenvalue weighted by Gasteiger charge is -2.13. The Balaban J connectivity index is 1.83. The topological polar surface area (TPSA) is 64.4 Å². The lowest BCUT2D eigenvalue weighted by molar-refractivity contribution is 0.297. The van der Waals surface area contributed by atoms with Crippen LogP contribution >= 0.6 is 47.0 Å². The molecule has 0 unspecified atom stereocenters. The molecule has 0 aliphatic heterocycles. The molecule has 3 rings (SSSR count). The second-order valence-corrected chi connectivity index (χ2v) is 6.95. The van der Waals surface area contributed by atoms with E-state index in [-0.39, 0.29) is 6.61 Å². The van der Waals surface area contributed by atoms with E-state index in [9.17, 15) is 0 Å². The maximum atomic E-state index is 6.16. The first-order valence-corrected chi connectivity index (χ1v) is 9.13. The van der Waals surface area contributed by atoms with E-state index < -0.39 is 0 Å². The number of hydrogen-bond acceptors (Lipinski definition) is 5. The van der Waals surface area contributed by atoms with Gasteiger partial charge in [0.15, 0.2) is 5.75 Å². The molecule has 0 atom stereocenters. The smallest absolute Gasteiger partial charge is 0.216 e. The van der Waals surface area contributed by atoms with Gasteiger partial charge < -0.3 is 9.47 Å². The fourth-order valence-corrected chi connectivity index (χ4v) is 3.34.